The van der Waals surface area contributed by atoms with Gasteiger partial charge in [0.1, 0.15) is 6.29 Å². The van der Waals surface area contributed by atoms with Crippen molar-refractivity contribution in [1.82, 2.24) is 4.90 Å². The molecule has 0 saturated carbocycles. The lowest BCUT2D eigenvalue weighted by atomic mass is 9.93. The van der Waals surface area contributed by atoms with E-state index in [9.17, 15) is 14.4 Å². The summed E-state index contributed by atoms with van der Waals surface area (Å²) in [7, 11) is 0. The molecule has 27 heavy (non-hydrogen) atoms. The first-order chi connectivity index (χ1) is 12.8. The van der Waals surface area contributed by atoms with Crippen LogP contribution in [0.15, 0.2) is 54.6 Å². The van der Waals surface area contributed by atoms with Gasteiger partial charge in [0.25, 0.3) is 0 Å². The van der Waals surface area contributed by atoms with Crippen molar-refractivity contribution in [2.24, 2.45) is 11.3 Å². The second-order valence-electron chi connectivity index (χ2n) is 8.16. The summed E-state index contributed by atoms with van der Waals surface area (Å²) < 4.78 is 0. The van der Waals surface area contributed by atoms with Gasteiger partial charge in [-0.25, -0.2) is 0 Å². The highest BCUT2D eigenvalue weighted by Gasteiger charge is 2.45. The largest absolute Gasteiger partial charge is 0.303 e. The molecule has 3 rings (SSSR count). The first kappa shape index (κ1) is 19.0. The van der Waals surface area contributed by atoms with Crippen molar-refractivity contribution in [3.05, 3.63) is 60.2 Å². The van der Waals surface area contributed by atoms with Gasteiger partial charge >= 0.3 is 0 Å². The van der Waals surface area contributed by atoms with E-state index in [-0.39, 0.29) is 17.9 Å². The zero-order chi connectivity index (χ0) is 19.6. The number of aldehydes is 1. The zero-order valence-electron chi connectivity index (χ0n) is 16.0. The Morgan fingerprint density at radius 1 is 1.04 bits per heavy atom. The number of nitrogens with zero attached hydrogens (tertiary/aromatic N) is 1. The van der Waals surface area contributed by atoms with Gasteiger partial charge in [0.15, 0.2) is 0 Å². The molecule has 0 N–H and O–H groups in total. The van der Waals surface area contributed by atoms with Gasteiger partial charge in [-0.2, -0.15) is 0 Å². The molecule has 140 valence electrons. The molecule has 4 nitrogen and oxygen atoms in total. The summed E-state index contributed by atoms with van der Waals surface area (Å²) in [6.45, 7) is 5.38. The average molecular weight is 363 g/mol. The average Bonchev–Trinajstić information content (AvgIpc) is 2.96. The van der Waals surface area contributed by atoms with Crippen molar-refractivity contribution >= 4 is 18.1 Å². The van der Waals surface area contributed by atoms with E-state index in [0.717, 1.165) is 16.7 Å². The van der Waals surface area contributed by atoms with E-state index in [1.54, 1.807) is 20.8 Å². The number of hydrogen-bond donors (Lipinski definition) is 0. The highest BCUT2D eigenvalue weighted by Crippen LogP contribution is 2.31. The van der Waals surface area contributed by atoms with E-state index in [1.165, 1.54) is 4.90 Å². The number of likely N-dealkylation sites (tertiary alicyclic amines) is 1. The molecular weight excluding hydrogens is 338 g/mol. The van der Waals surface area contributed by atoms with Crippen molar-refractivity contribution in [3.8, 4) is 11.1 Å². The quantitative estimate of drug-likeness (QED) is 0.612. The molecule has 0 radical (unpaired) electrons. The van der Waals surface area contributed by atoms with Gasteiger partial charge in [0.2, 0.25) is 11.8 Å². The normalized spacial score (nSPS) is 20.0. The highest BCUT2D eigenvalue weighted by atomic mass is 16.2. The molecule has 1 saturated heterocycles. The molecule has 1 heterocycles. The van der Waals surface area contributed by atoms with Crippen LogP contribution in [0.3, 0.4) is 0 Å². The van der Waals surface area contributed by atoms with E-state index in [1.807, 2.05) is 30.3 Å². The highest BCUT2D eigenvalue weighted by molar-refractivity contribution is 6.05. The van der Waals surface area contributed by atoms with Gasteiger partial charge in [-0.05, 0) is 29.5 Å². The summed E-state index contributed by atoms with van der Waals surface area (Å²) in [6.07, 6.45) is 1.63. The van der Waals surface area contributed by atoms with Crippen LogP contribution >= 0.6 is 0 Å². The molecule has 4 heteroatoms. The molecule has 1 aliphatic heterocycles. The smallest absolute Gasteiger partial charge is 0.239 e. The molecule has 2 aromatic carbocycles. The van der Waals surface area contributed by atoms with E-state index in [4.69, 9.17) is 0 Å². The van der Waals surface area contributed by atoms with Crippen LogP contribution in [-0.2, 0) is 20.8 Å². The second kappa shape index (κ2) is 7.47. The lowest BCUT2D eigenvalue weighted by Crippen LogP contribution is -2.46. The topological polar surface area (TPSA) is 54.5 Å². The molecule has 0 aromatic heterocycles. The van der Waals surface area contributed by atoms with Crippen LogP contribution in [-0.4, -0.2) is 29.0 Å². The molecule has 1 fully saturated rings. The summed E-state index contributed by atoms with van der Waals surface area (Å²) in [5, 5.41) is 0. The van der Waals surface area contributed by atoms with Gasteiger partial charge in [0.05, 0.1) is 5.92 Å². The van der Waals surface area contributed by atoms with E-state index in [2.05, 4.69) is 24.3 Å². The van der Waals surface area contributed by atoms with E-state index in [0.29, 0.717) is 19.1 Å². The third-order valence-electron chi connectivity index (χ3n) is 5.00. The van der Waals surface area contributed by atoms with Crippen LogP contribution in [0.25, 0.3) is 11.1 Å². The molecule has 0 aliphatic carbocycles. The van der Waals surface area contributed by atoms with E-state index < -0.39 is 11.3 Å². The minimum absolute atomic E-state index is 0.220. The molecular formula is C23H25NO3. The fourth-order valence-corrected chi connectivity index (χ4v) is 3.51. The minimum atomic E-state index is -0.718. The standard InChI is InChI=1S/C23H25NO3/c1-23(2,3)22(27)24-20(14-19(15-25)21(24)26)13-16-9-11-18(12-10-16)17-7-5-4-6-8-17/h4-12,15,19-20H,13-14H2,1-3H3/t19?,20-/m1/s1. The third kappa shape index (κ3) is 4.00. The Morgan fingerprint density at radius 3 is 2.19 bits per heavy atom. The van der Waals surface area contributed by atoms with Crippen LogP contribution in [0, 0.1) is 11.3 Å². The maximum Gasteiger partial charge on any atom is 0.239 e. The van der Waals surface area contributed by atoms with Crippen molar-refractivity contribution in [2.75, 3.05) is 0 Å². The molecule has 1 aliphatic rings. The zero-order valence-corrected chi connectivity index (χ0v) is 16.0. The number of carbonyl (C=O) groups excluding carboxylic acids is 3. The van der Waals surface area contributed by atoms with Crippen LogP contribution in [0.2, 0.25) is 0 Å². The van der Waals surface area contributed by atoms with Gasteiger partial charge in [-0.15, -0.1) is 0 Å². The third-order valence-corrected chi connectivity index (χ3v) is 5.00. The summed E-state index contributed by atoms with van der Waals surface area (Å²) in [5.41, 5.74) is 2.65. The summed E-state index contributed by atoms with van der Waals surface area (Å²) in [5.74, 6) is -1.30. The van der Waals surface area contributed by atoms with Crippen molar-refractivity contribution in [3.63, 3.8) is 0 Å². The molecule has 2 aromatic rings. The van der Waals surface area contributed by atoms with E-state index >= 15 is 0 Å². The summed E-state index contributed by atoms with van der Waals surface area (Å²) in [4.78, 5) is 37.9. The Morgan fingerprint density at radius 2 is 1.63 bits per heavy atom. The Labute approximate surface area is 160 Å². The molecule has 0 spiro atoms. The van der Waals surface area contributed by atoms with Gasteiger partial charge in [-0.1, -0.05) is 75.4 Å². The Balaban J connectivity index is 1.81. The predicted molar refractivity (Wildman–Crippen MR) is 105 cm³/mol. The molecule has 0 bridgehead atoms. The van der Waals surface area contributed by atoms with Crippen LogP contribution in [0.1, 0.15) is 32.8 Å². The number of amides is 2. The van der Waals surface area contributed by atoms with Gasteiger partial charge in [-0.3, -0.25) is 14.5 Å². The SMILES string of the molecule is CC(C)(C)C(=O)N1C(=O)C(C=O)C[C@H]1Cc1ccc(-c2ccccc2)cc1. The summed E-state index contributed by atoms with van der Waals surface area (Å²) >= 11 is 0. The monoisotopic (exact) mass is 363 g/mol. The predicted octanol–water partition coefficient (Wildman–Crippen LogP) is 3.88. The maximum atomic E-state index is 12.8. The summed E-state index contributed by atoms with van der Waals surface area (Å²) in [6, 6.07) is 18.0. The number of rotatable bonds is 4. The number of imide groups is 1. The Bertz CT molecular complexity index is 834. The minimum Gasteiger partial charge on any atom is -0.303 e. The molecule has 1 unspecified atom stereocenters. The number of carbonyl (C=O) groups is 3. The lowest BCUT2D eigenvalue weighted by Gasteiger charge is -2.29. The van der Waals surface area contributed by atoms with Crippen molar-refractivity contribution in [2.45, 2.75) is 39.7 Å². The lowest BCUT2D eigenvalue weighted by molar-refractivity contribution is -0.150. The first-order valence-corrected chi connectivity index (χ1v) is 9.28. The van der Waals surface area contributed by atoms with Crippen LogP contribution in [0.5, 0.6) is 0 Å². The van der Waals surface area contributed by atoms with Gasteiger partial charge in [0, 0.05) is 11.5 Å². The van der Waals surface area contributed by atoms with Crippen LogP contribution < -0.4 is 0 Å². The number of hydrogen-bond acceptors (Lipinski definition) is 3. The first-order valence-electron chi connectivity index (χ1n) is 9.28. The van der Waals surface area contributed by atoms with Crippen molar-refractivity contribution < 1.29 is 14.4 Å². The Hall–Kier alpha value is -2.75. The maximum absolute atomic E-state index is 12.8. The van der Waals surface area contributed by atoms with Crippen LogP contribution in [0.4, 0.5) is 0 Å². The molecule has 2 atom stereocenters. The molecule has 2 amide bonds. The Kier molecular flexibility index (Phi) is 5.26. The second-order valence-corrected chi connectivity index (χ2v) is 8.16. The fourth-order valence-electron chi connectivity index (χ4n) is 3.51. The fraction of sp³-hybridized carbons (Fsp3) is 0.348. The van der Waals surface area contributed by atoms with Gasteiger partial charge < -0.3 is 4.79 Å². The van der Waals surface area contributed by atoms with Crippen molar-refractivity contribution in [1.29, 1.82) is 0 Å². The number of benzene rings is 2.